The van der Waals surface area contributed by atoms with Crippen LogP contribution in [0.1, 0.15) is 22.3 Å². The molecule has 0 spiro atoms. The number of benzene rings is 3. The highest BCUT2D eigenvalue weighted by molar-refractivity contribution is 14.1. The Morgan fingerprint density at radius 2 is 1.82 bits per heavy atom. The third-order valence-electron chi connectivity index (χ3n) is 3.90. The van der Waals surface area contributed by atoms with Gasteiger partial charge >= 0.3 is 0 Å². The average Bonchev–Trinajstić information content (AvgIpc) is 2.72. The van der Waals surface area contributed by atoms with E-state index >= 15 is 0 Å². The van der Waals surface area contributed by atoms with Crippen molar-refractivity contribution in [2.45, 2.75) is 13.2 Å². The number of nitrogens with zero attached hydrogens (tertiary/aromatic N) is 2. The molecule has 0 saturated heterocycles. The van der Waals surface area contributed by atoms with Crippen LogP contribution in [0.15, 0.2) is 76.4 Å². The lowest BCUT2D eigenvalue weighted by molar-refractivity contribution is 0.132. The minimum Gasteiger partial charge on any atom is -0.488 e. The van der Waals surface area contributed by atoms with E-state index in [1.165, 1.54) is 3.57 Å². The van der Waals surface area contributed by atoms with Gasteiger partial charge < -0.3 is 9.57 Å². The SMILES string of the molecule is N#Cc1ccccc1CO/N=C\c1cc(Br)ccc1OCc1ccc(I)cc1. The monoisotopic (exact) mass is 546 g/mol. The smallest absolute Gasteiger partial charge is 0.143 e. The number of halogens is 2. The van der Waals surface area contributed by atoms with E-state index in [9.17, 15) is 0 Å². The van der Waals surface area contributed by atoms with Gasteiger partial charge in [-0.2, -0.15) is 5.26 Å². The number of nitriles is 1. The molecule has 0 aliphatic heterocycles. The summed E-state index contributed by atoms with van der Waals surface area (Å²) in [4.78, 5) is 5.38. The van der Waals surface area contributed by atoms with Crippen LogP contribution in [0.25, 0.3) is 0 Å². The lowest BCUT2D eigenvalue weighted by atomic mass is 10.1. The Bertz CT molecular complexity index is 1010. The first-order valence-electron chi connectivity index (χ1n) is 8.46. The summed E-state index contributed by atoms with van der Waals surface area (Å²) in [6.07, 6.45) is 1.61. The molecule has 6 heteroatoms. The number of oxime groups is 1. The number of ether oxygens (including phenoxy) is 1. The van der Waals surface area contributed by atoms with Crippen molar-refractivity contribution < 1.29 is 9.57 Å². The van der Waals surface area contributed by atoms with Crippen LogP contribution in [-0.2, 0) is 18.1 Å². The van der Waals surface area contributed by atoms with Gasteiger partial charge in [0.05, 0.1) is 17.8 Å². The maximum Gasteiger partial charge on any atom is 0.143 e. The van der Waals surface area contributed by atoms with E-state index in [1.54, 1.807) is 12.3 Å². The summed E-state index contributed by atoms with van der Waals surface area (Å²) in [5.41, 5.74) is 3.28. The lowest BCUT2D eigenvalue weighted by Crippen LogP contribution is -1.99. The Hall–Kier alpha value is -2.37. The first-order valence-corrected chi connectivity index (χ1v) is 10.3. The highest BCUT2D eigenvalue weighted by atomic mass is 127. The van der Waals surface area contributed by atoms with Crippen molar-refractivity contribution in [3.05, 3.63) is 97.0 Å². The molecule has 0 aliphatic rings. The zero-order valence-electron chi connectivity index (χ0n) is 14.8. The van der Waals surface area contributed by atoms with Crippen LogP contribution < -0.4 is 4.74 Å². The fourth-order valence-electron chi connectivity index (χ4n) is 2.45. The van der Waals surface area contributed by atoms with E-state index in [0.29, 0.717) is 17.9 Å². The largest absolute Gasteiger partial charge is 0.488 e. The summed E-state index contributed by atoms with van der Waals surface area (Å²) in [5.74, 6) is 0.714. The summed E-state index contributed by atoms with van der Waals surface area (Å²) >= 11 is 5.75. The van der Waals surface area contributed by atoms with Crippen molar-refractivity contribution in [1.29, 1.82) is 5.26 Å². The highest BCUT2D eigenvalue weighted by Crippen LogP contribution is 2.23. The summed E-state index contributed by atoms with van der Waals surface area (Å²) in [5, 5.41) is 13.2. The molecule has 0 fully saturated rings. The molecule has 0 heterocycles. The Balaban J connectivity index is 1.65. The van der Waals surface area contributed by atoms with Crippen LogP contribution in [0.4, 0.5) is 0 Å². The predicted molar refractivity (Wildman–Crippen MR) is 121 cm³/mol. The molecule has 0 amide bonds. The molecule has 4 nitrogen and oxygen atoms in total. The molecule has 0 aromatic heterocycles. The van der Waals surface area contributed by atoms with E-state index in [4.69, 9.17) is 14.8 Å². The third kappa shape index (κ3) is 5.81. The first kappa shape index (κ1) is 20.4. The number of rotatable bonds is 7. The summed E-state index contributed by atoms with van der Waals surface area (Å²) in [6.45, 7) is 0.697. The number of hydrogen-bond acceptors (Lipinski definition) is 4. The molecular weight excluding hydrogens is 531 g/mol. The van der Waals surface area contributed by atoms with Gasteiger partial charge in [0, 0.05) is 19.2 Å². The second-order valence-electron chi connectivity index (χ2n) is 5.87. The Kier molecular flexibility index (Phi) is 7.46. The molecule has 0 bridgehead atoms. The zero-order chi connectivity index (χ0) is 19.8. The quantitative estimate of drug-likeness (QED) is 0.206. The fourth-order valence-corrected chi connectivity index (χ4v) is 3.19. The maximum atomic E-state index is 9.12. The van der Waals surface area contributed by atoms with Gasteiger partial charge in [0.1, 0.15) is 19.0 Å². The van der Waals surface area contributed by atoms with Crippen LogP contribution in [0.3, 0.4) is 0 Å². The highest BCUT2D eigenvalue weighted by Gasteiger charge is 2.05. The molecule has 140 valence electrons. The Morgan fingerprint density at radius 3 is 2.61 bits per heavy atom. The van der Waals surface area contributed by atoms with Gasteiger partial charge in [-0.1, -0.05) is 51.4 Å². The van der Waals surface area contributed by atoms with Crippen molar-refractivity contribution in [3.63, 3.8) is 0 Å². The van der Waals surface area contributed by atoms with Gasteiger partial charge in [-0.25, -0.2) is 0 Å². The van der Waals surface area contributed by atoms with Gasteiger partial charge in [0.2, 0.25) is 0 Å². The zero-order valence-corrected chi connectivity index (χ0v) is 18.6. The molecule has 0 unspecified atom stereocenters. The molecule has 0 N–H and O–H groups in total. The molecule has 0 radical (unpaired) electrons. The second-order valence-corrected chi connectivity index (χ2v) is 8.04. The molecule has 0 saturated carbocycles. The van der Waals surface area contributed by atoms with Gasteiger partial charge in [-0.05, 0) is 64.6 Å². The van der Waals surface area contributed by atoms with Gasteiger partial charge in [0.25, 0.3) is 0 Å². The van der Waals surface area contributed by atoms with E-state index in [0.717, 1.165) is 21.2 Å². The molecule has 3 aromatic carbocycles. The van der Waals surface area contributed by atoms with E-state index in [1.807, 2.05) is 48.5 Å². The molecule has 0 atom stereocenters. The molecular formula is C22H16BrIN2O2. The standard InChI is InChI=1S/C22H16BrIN2O2/c23-20-7-10-22(27-14-16-5-8-21(24)9-6-16)19(11-20)13-26-28-15-18-4-2-1-3-17(18)12-25/h1-11,13H,14-15H2/b26-13-. The third-order valence-corrected chi connectivity index (χ3v) is 5.12. The van der Waals surface area contributed by atoms with Gasteiger partial charge in [0.15, 0.2) is 0 Å². The van der Waals surface area contributed by atoms with Gasteiger partial charge in [-0.15, -0.1) is 0 Å². The van der Waals surface area contributed by atoms with Crippen LogP contribution in [-0.4, -0.2) is 6.21 Å². The first-order chi connectivity index (χ1) is 13.7. The minimum atomic E-state index is 0.229. The predicted octanol–water partition coefficient (Wildman–Crippen LogP) is 6.06. The van der Waals surface area contributed by atoms with Gasteiger partial charge in [-0.3, -0.25) is 0 Å². The van der Waals surface area contributed by atoms with Crippen molar-refractivity contribution in [2.75, 3.05) is 0 Å². The maximum absolute atomic E-state index is 9.12. The topological polar surface area (TPSA) is 54.6 Å². The van der Waals surface area contributed by atoms with Crippen LogP contribution >= 0.6 is 38.5 Å². The molecule has 0 aliphatic carbocycles. The Morgan fingerprint density at radius 1 is 1.04 bits per heavy atom. The molecule has 3 aromatic rings. The van der Waals surface area contributed by atoms with Crippen molar-refractivity contribution in [3.8, 4) is 11.8 Å². The number of hydrogen-bond donors (Lipinski definition) is 0. The minimum absolute atomic E-state index is 0.229. The Labute approximate surface area is 186 Å². The molecule has 28 heavy (non-hydrogen) atoms. The summed E-state index contributed by atoms with van der Waals surface area (Å²) in [7, 11) is 0. The van der Waals surface area contributed by atoms with Crippen LogP contribution in [0, 0.1) is 14.9 Å². The van der Waals surface area contributed by atoms with Crippen LogP contribution in [0.5, 0.6) is 5.75 Å². The molecule has 3 rings (SSSR count). The van der Waals surface area contributed by atoms with Crippen molar-refractivity contribution in [2.24, 2.45) is 5.16 Å². The summed E-state index contributed by atoms with van der Waals surface area (Å²) < 4.78 is 8.07. The lowest BCUT2D eigenvalue weighted by Gasteiger charge is -2.10. The van der Waals surface area contributed by atoms with Crippen LogP contribution in [0.2, 0.25) is 0 Å². The van der Waals surface area contributed by atoms with E-state index in [-0.39, 0.29) is 6.61 Å². The van der Waals surface area contributed by atoms with E-state index in [2.05, 4.69) is 61.9 Å². The fraction of sp³-hybridized carbons (Fsp3) is 0.0909. The average molecular weight is 547 g/mol. The second kappa shape index (κ2) is 10.2. The summed E-state index contributed by atoms with van der Waals surface area (Å²) in [6, 6.07) is 23.4. The van der Waals surface area contributed by atoms with E-state index < -0.39 is 0 Å². The van der Waals surface area contributed by atoms with Crippen molar-refractivity contribution in [1.82, 2.24) is 0 Å². The normalized spacial score (nSPS) is 10.6. The van der Waals surface area contributed by atoms with Crippen molar-refractivity contribution >= 4 is 44.7 Å².